The highest BCUT2D eigenvalue weighted by Crippen LogP contribution is 2.32. The predicted molar refractivity (Wildman–Crippen MR) is 108 cm³/mol. The first-order valence-electron chi connectivity index (χ1n) is 9.51. The molecule has 0 saturated heterocycles. The molecule has 2 aromatic carbocycles. The van der Waals surface area contributed by atoms with E-state index in [0.29, 0.717) is 17.5 Å². The summed E-state index contributed by atoms with van der Waals surface area (Å²) in [6.07, 6.45) is 4.44. The molecule has 3 aromatic rings. The number of rotatable bonds is 6. The summed E-state index contributed by atoms with van der Waals surface area (Å²) in [4.78, 5) is 15.4. The number of nitrogens with zero attached hydrogens (tertiary/aromatic N) is 1. The molecule has 142 valence electrons. The van der Waals surface area contributed by atoms with Crippen LogP contribution in [0.4, 0.5) is 0 Å². The maximum atomic E-state index is 11.2. The summed E-state index contributed by atoms with van der Waals surface area (Å²) in [6.45, 7) is 0.882. The van der Waals surface area contributed by atoms with Crippen LogP contribution in [0.15, 0.2) is 66.9 Å². The van der Waals surface area contributed by atoms with Crippen LogP contribution in [0.5, 0.6) is 11.6 Å². The molecule has 0 spiro atoms. The topological polar surface area (TPSA) is 77.2 Å². The fourth-order valence-electron chi connectivity index (χ4n) is 3.60. The Hall–Kier alpha value is -3.18. The summed E-state index contributed by atoms with van der Waals surface area (Å²) < 4.78 is 5.99. The standard InChI is InChI=1S/C23H23N3O2/c24-23(27)18-9-12-22(26-15-18)28-21-8-4-7-17-13-19(10-11-20(17)21)25-14-16-5-2-1-3-6-16/h1-9,12,15,19,25H,10-11,13-14H2,(H2,24,27). The largest absolute Gasteiger partial charge is 0.439 e. The van der Waals surface area contributed by atoms with Crippen LogP contribution in [0.1, 0.15) is 33.5 Å². The van der Waals surface area contributed by atoms with Crippen LogP contribution in [-0.2, 0) is 19.4 Å². The van der Waals surface area contributed by atoms with Gasteiger partial charge in [-0.3, -0.25) is 4.79 Å². The molecule has 1 aliphatic rings. The molecule has 1 amide bonds. The fourth-order valence-corrected chi connectivity index (χ4v) is 3.60. The molecule has 1 unspecified atom stereocenters. The quantitative estimate of drug-likeness (QED) is 0.692. The smallest absolute Gasteiger partial charge is 0.250 e. The molecule has 1 heterocycles. The number of hydrogen-bond acceptors (Lipinski definition) is 4. The number of aromatic nitrogens is 1. The van der Waals surface area contributed by atoms with Crippen molar-refractivity contribution in [1.29, 1.82) is 0 Å². The highest BCUT2D eigenvalue weighted by molar-refractivity contribution is 5.92. The Morgan fingerprint density at radius 3 is 2.71 bits per heavy atom. The van der Waals surface area contributed by atoms with Gasteiger partial charge in [-0.1, -0.05) is 42.5 Å². The molecular formula is C23H23N3O2. The zero-order valence-electron chi connectivity index (χ0n) is 15.6. The molecule has 1 atom stereocenters. The van der Waals surface area contributed by atoms with Crippen molar-refractivity contribution in [2.24, 2.45) is 5.73 Å². The van der Waals surface area contributed by atoms with Crippen molar-refractivity contribution in [2.75, 3.05) is 0 Å². The molecule has 0 saturated carbocycles. The maximum absolute atomic E-state index is 11.2. The van der Waals surface area contributed by atoms with Crippen LogP contribution in [0, 0.1) is 0 Å². The lowest BCUT2D eigenvalue weighted by molar-refractivity contribution is 0.1000. The molecule has 5 nitrogen and oxygen atoms in total. The van der Waals surface area contributed by atoms with Crippen molar-refractivity contribution in [1.82, 2.24) is 10.3 Å². The van der Waals surface area contributed by atoms with Gasteiger partial charge < -0.3 is 15.8 Å². The van der Waals surface area contributed by atoms with E-state index in [-0.39, 0.29) is 0 Å². The van der Waals surface area contributed by atoms with Crippen LogP contribution in [0.3, 0.4) is 0 Å². The average molecular weight is 373 g/mol. The molecule has 0 bridgehead atoms. The predicted octanol–water partition coefficient (Wildman–Crippen LogP) is 3.62. The lowest BCUT2D eigenvalue weighted by Gasteiger charge is -2.27. The Balaban J connectivity index is 1.43. The van der Waals surface area contributed by atoms with Gasteiger partial charge in [-0.15, -0.1) is 0 Å². The highest BCUT2D eigenvalue weighted by Gasteiger charge is 2.21. The number of ether oxygens (including phenoxy) is 1. The maximum Gasteiger partial charge on any atom is 0.250 e. The molecule has 0 fully saturated rings. The fraction of sp³-hybridized carbons (Fsp3) is 0.217. The number of nitrogens with one attached hydrogen (secondary N) is 1. The van der Waals surface area contributed by atoms with Gasteiger partial charge >= 0.3 is 0 Å². The van der Waals surface area contributed by atoms with Gasteiger partial charge in [0, 0.05) is 24.8 Å². The van der Waals surface area contributed by atoms with Crippen LogP contribution in [0.25, 0.3) is 0 Å². The Bertz CT molecular complexity index is 955. The van der Waals surface area contributed by atoms with E-state index in [1.54, 1.807) is 12.1 Å². The van der Waals surface area contributed by atoms with Gasteiger partial charge in [0.1, 0.15) is 5.75 Å². The zero-order valence-corrected chi connectivity index (χ0v) is 15.6. The first kappa shape index (κ1) is 18.2. The number of carbonyl (C=O) groups excluding carboxylic acids is 1. The average Bonchev–Trinajstić information content (AvgIpc) is 2.73. The van der Waals surface area contributed by atoms with Crippen molar-refractivity contribution < 1.29 is 9.53 Å². The molecular weight excluding hydrogens is 350 g/mol. The third kappa shape index (κ3) is 4.21. The van der Waals surface area contributed by atoms with Gasteiger partial charge in [0.2, 0.25) is 11.8 Å². The lowest BCUT2D eigenvalue weighted by atomic mass is 9.87. The van der Waals surface area contributed by atoms with Crippen molar-refractivity contribution in [3.63, 3.8) is 0 Å². The molecule has 0 aliphatic heterocycles. The number of carbonyl (C=O) groups is 1. The first-order valence-corrected chi connectivity index (χ1v) is 9.51. The van der Waals surface area contributed by atoms with Crippen molar-refractivity contribution in [2.45, 2.75) is 31.8 Å². The van der Waals surface area contributed by atoms with E-state index in [1.165, 1.54) is 22.9 Å². The number of benzene rings is 2. The van der Waals surface area contributed by atoms with E-state index in [4.69, 9.17) is 10.5 Å². The molecule has 3 N–H and O–H groups in total. The highest BCUT2D eigenvalue weighted by atomic mass is 16.5. The van der Waals surface area contributed by atoms with E-state index in [0.717, 1.165) is 31.6 Å². The third-order valence-corrected chi connectivity index (χ3v) is 5.11. The summed E-state index contributed by atoms with van der Waals surface area (Å²) in [7, 11) is 0. The van der Waals surface area contributed by atoms with Gasteiger partial charge in [-0.25, -0.2) is 4.98 Å². The van der Waals surface area contributed by atoms with Crippen LogP contribution >= 0.6 is 0 Å². The minimum absolute atomic E-state index is 0.370. The second kappa shape index (κ2) is 8.23. The third-order valence-electron chi connectivity index (χ3n) is 5.11. The Morgan fingerprint density at radius 2 is 1.96 bits per heavy atom. The number of nitrogens with two attached hydrogens (primary N) is 1. The second-order valence-corrected chi connectivity index (χ2v) is 7.05. The number of hydrogen-bond donors (Lipinski definition) is 2. The summed E-state index contributed by atoms with van der Waals surface area (Å²) >= 11 is 0. The minimum Gasteiger partial charge on any atom is -0.439 e. The van der Waals surface area contributed by atoms with E-state index in [2.05, 4.69) is 40.6 Å². The Morgan fingerprint density at radius 1 is 1.11 bits per heavy atom. The molecule has 4 rings (SSSR count). The first-order chi connectivity index (χ1) is 13.7. The van der Waals surface area contributed by atoms with Crippen LogP contribution < -0.4 is 15.8 Å². The second-order valence-electron chi connectivity index (χ2n) is 7.05. The molecule has 0 radical (unpaired) electrons. The van der Waals surface area contributed by atoms with E-state index in [1.807, 2.05) is 18.2 Å². The monoisotopic (exact) mass is 373 g/mol. The normalized spacial score (nSPS) is 15.6. The molecule has 5 heteroatoms. The Kier molecular flexibility index (Phi) is 5.35. The number of primary amides is 1. The van der Waals surface area contributed by atoms with Gasteiger partial charge in [0.25, 0.3) is 0 Å². The van der Waals surface area contributed by atoms with Crippen LogP contribution in [-0.4, -0.2) is 16.9 Å². The molecule has 1 aromatic heterocycles. The number of pyridine rings is 1. The van der Waals surface area contributed by atoms with E-state index in [9.17, 15) is 4.79 Å². The van der Waals surface area contributed by atoms with Crippen molar-refractivity contribution in [3.8, 4) is 11.6 Å². The van der Waals surface area contributed by atoms with Gasteiger partial charge in [0.05, 0.1) is 5.56 Å². The summed E-state index contributed by atoms with van der Waals surface area (Å²) in [6, 6.07) is 20.4. The van der Waals surface area contributed by atoms with Crippen LogP contribution in [0.2, 0.25) is 0 Å². The number of fused-ring (bicyclic) bond motifs is 1. The number of amides is 1. The van der Waals surface area contributed by atoms with Gasteiger partial charge in [0.15, 0.2) is 0 Å². The summed E-state index contributed by atoms with van der Waals surface area (Å²) in [5.74, 6) is 0.797. The minimum atomic E-state index is -0.495. The summed E-state index contributed by atoms with van der Waals surface area (Å²) in [5.41, 5.74) is 9.47. The van der Waals surface area contributed by atoms with Gasteiger partial charge in [-0.2, -0.15) is 0 Å². The lowest BCUT2D eigenvalue weighted by Crippen LogP contribution is -2.34. The molecule has 28 heavy (non-hydrogen) atoms. The Labute approximate surface area is 164 Å². The van der Waals surface area contributed by atoms with E-state index >= 15 is 0 Å². The zero-order chi connectivity index (χ0) is 19.3. The van der Waals surface area contributed by atoms with Crippen molar-refractivity contribution in [3.05, 3.63) is 89.1 Å². The van der Waals surface area contributed by atoms with Crippen molar-refractivity contribution >= 4 is 5.91 Å². The van der Waals surface area contributed by atoms with Gasteiger partial charge in [-0.05, 0) is 48.1 Å². The molecule has 1 aliphatic carbocycles. The van der Waals surface area contributed by atoms with E-state index < -0.39 is 5.91 Å². The summed E-state index contributed by atoms with van der Waals surface area (Å²) in [5, 5.41) is 3.67. The SMILES string of the molecule is NC(=O)c1ccc(Oc2cccc3c2CCC(NCc2ccccc2)C3)nc1.